The van der Waals surface area contributed by atoms with Crippen LogP contribution in [0.5, 0.6) is 0 Å². The first-order valence-corrected chi connectivity index (χ1v) is 10.6. The Morgan fingerprint density at radius 2 is 1.59 bits per heavy atom. The number of amides is 2. The van der Waals surface area contributed by atoms with Crippen molar-refractivity contribution >= 4 is 39.0 Å². The molecule has 0 saturated heterocycles. The van der Waals surface area contributed by atoms with Crippen LogP contribution >= 0.6 is 11.6 Å². The summed E-state index contributed by atoms with van der Waals surface area (Å²) in [6, 6.07) is 16.3. The zero-order valence-corrected chi connectivity index (χ0v) is 16.9. The number of anilines is 2. The first-order chi connectivity index (χ1) is 13.8. The summed E-state index contributed by atoms with van der Waals surface area (Å²) < 4.78 is 41.7. The number of benzene rings is 3. The highest BCUT2D eigenvalue weighted by molar-refractivity contribution is 7.94. The summed E-state index contributed by atoms with van der Waals surface area (Å²) in [5, 5.41) is 0.158. The molecule has 0 spiro atoms. The molecule has 1 aliphatic heterocycles. The van der Waals surface area contributed by atoms with Crippen LogP contribution in [0.4, 0.5) is 20.6 Å². The molecular formula is C21H16ClFN2O3S. The molecule has 3 aromatic carbocycles. The van der Waals surface area contributed by atoms with E-state index in [1.54, 1.807) is 43.3 Å². The average molecular weight is 431 g/mol. The number of nitrogens with zero attached hydrogens (tertiary/aromatic N) is 2. The second kappa shape index (κ2) is 7.17. The number of hydrogen-bond acceptors (Lipinski definition) is 3. The number of aryl methyl sites for hydroxylation is 1. The van der Waals surface area contributed by atoms with Crippen LogP contribution in [-0.2, 0) is 16.6 Å². The van der Waals surface area contributed by atoms with Crippen molar-refractivity contribution in [3.63, 3.8) is 0 Å². The van der Waals surface area contributed by atoms with E-state index in [9.17, 15) is 17.6 Å². The van der Waals surface area contributed by atoms with Gasteiger partial charge in [-0.2, -0.15) is 4.31 Å². The minimum absolute atomic E-state index is 0.0321. The number of rotatable bonds is 3. The van der Waals surface area contributed by atoms with E-state index in [4.69, 9.17) is 11.6 Å². The first-order valence-electron chi connectivity index (χ1n) is 8.77. The number of carbonyl (C=O) groups excluding carboxylic acids is 1. The second-order valence-electron chi connectivity index (χ2n) is 6.59. The van der Waals surface area contributed by atoms with Gasteiger partial charge in [0.15, 0.2) is 0 Å². The summed E-state index contributed by atoms with van der Waals surface area (Å²) in [7, 11) is -4.14. The normalized spacial score (nSPS) is 15.3. The molecule has 5 nitrogen and oxygen atoms in total. The zero-order valence-electron chi connectivity index (χ0n) is 15.3. The molecule has 0 aromatic heterocycles. The van der Waals surface area contributed by atoms with E-state index >= 15 is 0 Å². The molecule has 1 aliphatic rings. The third-order valence-corrected chi connectivity index (χ3v) is 6.88. The Labute approximate surface area is 173 Å². The molecular weight excluding hydrogens is 415 g/mol. The number of fused-ring (bicyclic) bond motifs is 1. The van der Waals surface area contributed by atoms with Crippen molar-refractivity contribution in [3.8, 4) is 0 Å². The fourth-order valence-corrected chi connectivity index (χ4v) is 5.21. The number of urea groups is 1. The minimum Gasteiger partial charge on any atom is -0.287 e. The summed E-state index contributed by atoms with van der Waals surface area (Å²) in [6.45, 7) is 1.51. The molecule has 0 bridgehead atoms. The Kier molecular flexibility index (Phi) is 4.80. The van der Waals surface area contributed by atoms with Crippen LogP contribution in [0, 0.1) is 12.7 Å². The Morgan fingerprint density at radius 3 is 2.28 bits per heavy atom. The average Bonchev–Trinajstić information content (AvgIpc) is 2.68. The Morgan fingerprint density at radius 1 is 0.931 bits per heavy atom. The van der Waals surface area contributed by atoms with E-state index in [0.29, 0.717) is 5.56 Å². The first kappa shape index (κ1) is 19.4. The predicted octanol–water partition coefficient (Wildman–Crippen LogP) is 5.12. The van der Waals surface area contributed by atoms with Gasteiger partial charge >= 0.3 is 6.03 Å². The highest BCUT2D eigenvalue weighted by Crippen LogP contribution is 2.39. The number of hydrogen-bond donors (Lipinski definition) is 0. The topological polar surface area (TPSA) is 57.7 Å². The lowest BCUT2D eigenvalue weighted by Crippen LogP contribution is -2.51. The van der Waals surface area contributed by atoms with Crippen molar-refractivity contribution in [2.75, 3.05) is 9.21 Å². The molecule has 148 valence electrons. The van der Waals surface area contributed by atoms with Gasteiger partial charge in [0.25, 0.3) is 10.0 Å². The molecule has 0 saturated carbocycles. The Bertz CT molecular complexity index is 1210. The molecule has 0 atom stereocenters. The summed E-state index contributed by atoms with van der Waals surface area (Å²) >= 11 is 6.15. The van der Waals surface area contributed by atoms with Gasteiger partial charge in [0.05, 0.1) is 17.9 Å². The molecule has 2 amide bonds. The maximum absolute atomic E-state index is 14.4. The predicted molar refractivity (Wildman–Crippen MR) is 110 cm³/mol. The van der Waals surface area contributed by atoms with Gasteiger partial charge in [-0.15, -0.1) is 0 Å². The fourth-order valence-electron chi connectivity index (χ4n) is 3.33. The largest absolute Gasteiger partial charge is 0.343 e. The highest BCUT2D eigenvalue weighted by Gasteiger charge is 2.43. The molecule has 4 rings (SSSR count). The number of halogens is 2. The molecule has 29 heavy (non-hydrogen) atoms. The van der Waals surface area contributed by atoms with Gasteiger partial charge in [-0.1, -0.05) is 48.0 Å². The van der Waals surface area contributed by atoms with Gasteiger partial charge in [0, 0.05) is 10.6 Å². The smallest absolute Gasteiger partial charge is 0.287 e. The summed E-state index contributed by atoms with van der Waals surface area (Å²) in [5.74, 6) is -0.571. The Balaban J connectivity index is 1.92. The summed E-state index contributed by atoms with van der Waals surface area (Å²) in [6.07, 6.45) is 0. The summed E-state index contributed by atoms with van der Waals surface area (Å²) in [4.78, 5) is 14.6. The van der Waals surface area contributed by atoms with Crippen molar-refractivity contribution in [2.24, 2.45) is 0 Å². The van der Waals surface area contributed by atoms with Crippen LogP contribution in [-0.4, -0.2) is 14.4 Å². The third kappa shape index (κ3) is 3.16. The van der Waals surface area contributed by atoms with Gasteiger partial charge in [0.1, 0.15) is 10.7 Å². The zero-order chi connectivity index (χ0) is 20.8. The lowest BCUT2D eigenvalue weighted by atomic mass is 10.1. The van der Waals surface area contributed by atoms with Gasteiger partial charge in [-0.3, -0.25) is 4.90 Å². The van der Waals surface area contributed by atoms with Gasteiger partial charge in [-0.25, -0.2) is 17.6 Å². The van der Waals surface area contributed by atoms with Crippen molar-refractivity contribution in [3.05, 3.63) is 88.7 Å². The summed E-state index contributed by atoms with van der Waals surface area (Å²) in [5.41, 5.74) is 1.16. The molecule has 1 heterocycles. The van der Waals surface area contributed by atoms with Crippen molar-refractivity contribution in [1.82, 2.24) is 0 Å². The molecule has 0 fully saturated rings. The van der Waals surface area contributed by atoms with Crippen LogP contribution < -0.4 is 9.21 Å². The van der Waals surface area contributed by atoms with Crippen LogP contribution in [0.1, 0.15) is 11.1 Å². The van der Waals surface area contributed by atoms with Crippen LogP contribution in [0.15, 0.2) is 71.6 Å². The van der Waals surface area contributed by atoms with Crippen molar-refractivity contribution in [1.29, 1.82) is 0 Å². The van der Waals surface area contributed by atoms with E-state index in [0.717, 1.165) is 4.31 Å². The Hall–Kier alpha value is -2.90. The van der Waals surface area contributed by atoms with E-state index in [-0.39, 0.29) is 33.4 Å². The monoisotopic (exact) mass is 430 g/mol. The third-order valence-electron chi connectivity index (χ3n) is 4.79. The quantitative estimate of drug-likeness (QED) is 0.579. The van der Waals surface area contributed by atoms with E-state index in [1.807, 2.05) is 0 Å². The maximum atomic E-state index is 14.4. The van der Waals surface area contributed by atoms with Crippen molar-refractivity contribution in [2.45, 2.75) is 18.4 Å². The standard InChI is InChI=1S/C21H16ClFN2O3S/c1-14-7-2-3-10-18(14)25-21(26)24(13-15-16(22)8-6-9-17(15)23)19-11-4-5-12-20(19)29(25,27)28/h2-12H,13H2,1H3. The van der Waals surface area contributed by atoms with E-state index in [1.165, 1.54) is 35.2 Å². The molecule has 0 aliphatic carbocycles. The number of carbonyl (C=O) groups is 1. The SMILES string of the molecule is Cc1ccccc1N1C(=O)N(Cc2c(F)cccc2Cl)c2ccccc2S1(=O)=O. The van der Waals surface area contributed by atoms with Crippen molar-refractivity contribution < 1.29 is 17.6 Å². The van der Waals surface area contributed by atoms with Crippen LogP contribution in [0.2, 0.25) is 5.02 Å². The van der Waals surface area contributed by atoms with Crippen LogP contribution in [0.3, 0.4) is 0 Å². The van der Waals surface area contributed by atoms with Crippen LogP contribution in [0.25, 0.3) is 0 Å². The fraction of sp³-hybridized carbons (Fsp3) is 0.0952. The molecule has 0 unspecified atom stereocenters. The molecule has 3 aromatic rings. The molecule has 0 N–H and O–H groups in total. The molecule has 0 radical (unpaired) electrons. The van der Waals surface area contributed by atoms with E-state index in [2.05, 4.69) is 0 Å². The minimum atomic E-state index is -4.14. The number of para-hydroxylation sites is 2. The lowest BCUT2D eigenvalue weighted by molar-refractivity contribution is 0.253. The second-order valence-corrected chi connectivity index (χ2v) is 8.75. The lowest BCUT2D eigenvalue weighted by Gasteiger charge is -2.36. The van der Waals surface area contributed by atoms with Gasteiger partial charge < -0.3 is 0 Å². The highest BCUT2D eigenvalue weighted by atomic mass is 35.5. The number of sulfonamides is 1. The maximum Gasteiger partial charge on any atom is 0.343 e. The van der Waals surface area contributed by atoms with Gasteiger partial charge in [0.2, 0.25) is 0 Å². The molecule has 8 heteroatoms. The van der Waals surface area contributed by atoms with E-state index < -0.39 is 21.9 Å². The van der Waals surface area contributed by atoms with Gasteiger partial charge in [-0.05, 0) is 42.8 Å².